The zero-order chi connectivity index (χ0) is 14.3. The second-order valence-corrected chi connectivity index (χ2v) is 6.71. The maximum absolute atomic E-state index is 6.33. The molecule has 20 heavy (non-hydrogen) atoms. The van der Waals surface area contributed by atoms with Crippen LogP contribution >= 0.6 is 11.6 Å². The number of aromatic nitrogens is 3. The third-order valence-electron chi connectivity index (χ3n) is 3.87. The smallest absolute Gasteiger partial charge is 0.160 e. The van der Waals surface area contributed by atoms with Crippen LogP contribution in [0.4, 0.5) is 0 Å². The van der Waals surface area contributed by atoms with Crippen molar-refractivity contribution in [2.24, 2.45) is 0 Å². The molecule has 2 atom stereocenters. The topological polar surface area (TPSA) is 39.9 Å². The van der Waals surface area contributed by atoms with E-state index in [9.17, 15) is 0 Å². The third kappa shape index (κ3) is 2.42. The highest BCUT2D eigenvalue weighted by Gasteiger charge is 2.32. The van der Waals surface area contributed by atoms with Gasteiger partial charge in [-0.05, 0) is 45.7 Å². The number of hydrogen-bond acceptors (Lipinski definition) is 3. The van der Waals surface area contributed by atoms with E-state index in [1.54, 1.807) is 0 Å². The van der Waals surface area contributed by atoms with Crippen LogP contribution in [-0.4, -0.2) is 26.7 Å². The van der Waals surface area contributed by atoms with E-state index in [2.05, 4.69) is 28.4 Å². The van der Waals surface area contributed by atoms with Crippen molar-refractivity contribution in [2.75, 3.05) is 6.61 Å². The van der Waals surface area contributed by atoms with Gasteiger partial charge >= 0.3 is 0 Å². The summed E-state index contributed by atoms with van der Waals surface area (Å²) >= 11 is 6.33. The fourth-order valence-electron chi connectivity index (χ4n) is 3.01. The predicted molar refractivity (Wildman–Crippen MR) is 80.1 cm³/mol. The Hall–Kier alpha value is -1.13. The monoisotopic (exact) mass is 293 g/mol. The Morgan fingerprint density at radius 2 is 2.30 bits per heavy atom. The van der Waals surface area contributed by atoms with Crippen molar-refractivity contribution in [1.29, 1.82) is 0 Å². The summed E-state index contributed by atoms with van der Waals surface area (Å²) in [5.74, 6) is 0.906. The summed E-state index contributed by atoms with van der Waals surface area (Å²) in [6.07, 6.45) is 3.74. The molecule has 0 bridgehead atoms. The molecule has 3 rings (SSSR count). The van der Waals surface area contributed by atoms with Gasteiger partial charge in [0.2, 0.25) is 0 Å². The molecule has 0 aliphatic carbocycles. The first kappa shape index (κ1) is 13.8. The Kier molecular flexibility index (Phi) is 3.46. The molecule has 1 aliphatic heterocycles. The van der Waals surface area contributed by atoms with Crippen LogP contribution in [0.5, 0.6) is 0 Å². The summed E-state index contributed by atoms with van der Waals surface area (Å²) in [4.78, 5) is 9.17. The zero-order valence-electron chi connectivity index (χ0n) is 12.1. The van der Waals surface area contributed by atoms with Crippen LogP contribution < -0.4 is 0 Å². The van der Waals surface area contributed by atoms with E-state index in [0.717, 1.165) is 36.4 Å². The van der Waals surface area contributed by atoms with Crippen LogP contribution in [0.3, 0.4) is 0 Å². The lowest BCUT2D eigenvalue weighted by Gasteiger charge is -2.36. The third-order valence-corrected chi connectivity index (χ3v) is 4.06. The van der Waals surface area contributed by atoms with Crippen molar-refractivity contribution in [3.8, 4) is 0 Å². The molecule has 108 valence electrons. The Morgan fingerprint density at radius 1 is 1.50 bits per heavy atom. The lowest BCUT2D eigenvalue weighted by atomic mass is 9.93. The first-order valence-corrected chi connectivity index (χ1v) is 7.52. The molecule has 1 aliphatic rings. The average Bonchev–Trinajstić information content (AvgIpc) is 2.77. The van der Waals surface area contributed by atoms with Crippen molar-refractivity contribution in [2.45, 2.75) is 50.6 Å². The Morgan fingerprint density at radius 3 is 3.00 bits per heavy atom. The minimum absolute atomic E-state index is 0.110. The van der Waals surface area contributed by atoms with Gasteiger partial charge in [-0.2, -0.15) is 0 Å². The second kappa shape index (κ2) is 5.01. The molecule has 1 fully saturated rings. The number of fused-ring (bicyclic) bond motifs is 1. The van der Waals surface area contributed by atoms with E-state index in [4.69, 9.17) is 16.3 Å². The summed E-state index contributed by atoms with van der Waals surface area (Å²) in [5, 5.41) is -0.129. The highest BCUT2D eigenvalue weighted by molar-refractivity contribution is 6.20. The van der Waals surface area contributed by atoms with Crippen molar-refractivity contribution in [3.63, 3.8) is 0 Å². The molecular weight excluding hydrogens is 274 g/mol. The number of pyridine rings is 1. The zero-order valence-corrected chi connectivity index (χ0v) is 12.9. The van der Waals surface area contributed by atoms with Gasteiger partial charge < -0.3 is 9.30 Å². The van der Waals surface area contributed by atoms with Crippen molar-refractivity contribution in [1.82, 2.24) is 14.5 Å². The SMILES string of the molecule is CC(Cl)c1nc2cccnc2n1C1CCOC(C)(C)C1. The van der Waals surface area contributed by atoms with E-state index in [-0.39, 0.29) is 11.0 Å². The van der Waals surface area contributed by atoms with Gasteiger partial charge in [-0.3, -0.25) is 0 Å². The van der Waals surface area contributed by atoms with Crippen LogP contribution in [0.25, 0.3) is 11.2 Å². The number of ether oxygens (including phenoxy) is 1. The van der Waals surface area contributed by atoms with Gasteiger partial charge in [-0.1, -0.05) is 0 Å². The molecule has 2 aromatic rings. The molecule has 2 aromatic heterocycles. The Bertz CT molecular complexity index is 621. The van der Waals surface area contributed by atoms with E-state index < -0.39 is 0 Å². The van der Waals surface area contributed by atoms with Crippen LogP contribution in [0.15, 0.2) is 18.3 Å². The van der Waals surface area contributed by atoms with Gasteiger partial charge in [0.25, 0.3) is 0 Å². The summed E-state index contributed by atoms with van der Waals surface area (Å²) < 4.78 is 8.04. The van der Waals surface area contributed by atoms with Gasteiger partial charge in [0.1, 0.15) is 11.3 Å². The van der Waals surface area contributed by atoms with Crippen LogP contribution in [0.1, 0.15) is 50.9 Å². The number of alkyl halides is 1. The van der Waals surface area contributed by atoms with E-state index in [1.807, 2.05) is 25.3 Å². The molecule has 2 unspecified atom stereocenters. The van der Waals surface area contributed by atoms with Gasteiger partial charge in [-0.15, -0.1) is 11.6 Å². The lowest BCUT2D eigenvalue weighted by Crippen LogP contribution is -2.35. The number of halogens is 1. The van der Waals surface area contributed by atoms with Crippen molar-refractivity contribution < 1.29 is 4.74 Å². The van der Waals surface area contributed by atoms with E-state index >= 15 is 0 Å². The molecule has 0 N–H and O–H groups in total. The summed E-state index contributed by atoms with van der Waals surface area (Å²) in [7, 11) is 0. The first-order valence-electron chi connectivity index (χ1n) is 7.09. The van der Waals surface area contributed by atoms with Gasteiger partial charge in [-0.25, -0.2) is 9.97 Å². The fourth-order valence-corrected chi connectivity index (χ4v) is 3.16. The normalized spacial score (nSPS) is 23.9. The van der Waals surface area contributed by atoms with E-state index in [0.29, 0.717) is 6.04 Å². The molecule has 0 amide bonds. The lowest BCUT2D eigenvalue weighted by molar-refractivity contribution is -0.0689. The average molecular weight is 294 g/mol. The largest absolute Gasteiger partial charge is 0.375 e. The molecule has 4 nitrogen and oxygen atoms in total. The molecule has 1 saturated heterocycles. The Balaban J connectivity index is 2.11. The molecule has 0 saturated carbocycles. The Labute approximate surface area is 124 Å². The molecule has 0 aromatic carbocycles. The quantitative estimate of drug-likeness (QED) is 0.789. The molecule has 0 radical (unpaired) electrons. The highest BCUT2D eigenvalue weighted by Crippen LogP contribution is 2.36. The first-order chi connectivity index (χ1) is 9.48. The van der Waals surface area contributed by atoms with Gasteiger partial charge in [0.15, 0.2) is 5.65 Å². The number of imidazole rings is 1. The molecule has 3 heterocycles. The maximum Gasteiger partial charge on any atom is 0.160 e. The van der Waals surface area contributed by atoms with Crippen molar-refractivity contribution >= 4 is 22.8 Å². The van der Waals surface area contributed by atoms with Crippen LogP contribution in [0.2, 0.25) is 0 Å². The molecular formula is C15H20ClN3O. The minimum Gasteiger partial charge on any atom is -0.375 e. The summed E-state index contributed by atoms with van der Waals surface area (Å²) in [6.45, 7) is 7.00. The van der Waals surface area contributed by atoms with Crippen LogP contribution in [-0.2, 0) is 4.74 Å². The van der Waals surface area contributed by atoms with Crippen LogP contribution in [0, 0.1) is 0 Å². The standard InChI is InChI=1S/C15H20ClN3O/c1-10(16)13-18-12-5-4-7-17-14(12)19(13)11-6-8-20-15(2,3)9-11/h4-5,7,10-11H,6,8-9H2,1-3H3. The summed E-state index contributed by atoms with van der Waals surface area (Å²) in [6, 6.07) is 4.25. The molecule has 5 heteroatoms. The number of hydrogen-bond donors (Lipinski definition) is 0. The number of rotatable bonds is 2. The van der Waals surface area contributed by atoms with Gasteiger partial charge in [0.05, 0.1) is 11.0 Å². The van der Waals surface area contributed by atoms with E-state index in [1.165, 1.54) is 0 Å². The molecule has 0 spiro atoms. The maximum atomic E-state index is 6.33. The minimum atomic E-state index is -0.129. The number of nitrogens with zero attached hydrogens (tertiary/aromatic N) is 3. The van der Waals surface area contributed by atoms with Crippen molar-refractivity contribution in [3.05, 3.63) is 24.2 Å². The fraction of sp³-hybridized carbons (Fsp3) is 0.600. The summed E-state index contributed by atoms with van der Waals surface area (Å²) in [5.41, 5.74) is 1.73. The highest BCUT2D eigenvalue weighted by atomic mass is 35.5. The predicted octanol–water partition coefficient (Wildman–Crippen LogP) is 3.86. The van der Waals surface area contributed by atoms with Gasteiger partial charge in [0, 0.05) is 18.8 Å². The second-order valence-electron chi connectivity index (χ2n) is 6.06.